The monoisotopic (exact) mass is 275 g/mol. The van der Waals surface area contributed by atoms with Gasteiger partial charge in [0, 0.05) is 21.3 Å². The van der Waals surface area contributed by atoms with Gasteiger partial charge in [-0.05, 0) is 38.4 Å². The first-order valence-corrected chi connectivity index (χ1v) is 9.09. The summed E-state index contributed by atoms with van der Waals surface area (Å²) in [6.07, 6.45) is 5.64. The zero-order valence-electron chi connectivity index (χ0n) is 12.4. The zero-order valence-corrected chi connectivity index (χ0v) is 13.4. The molecular formula is C13H29NO3Si. The predicted octanol–water partition coefficient (Wildman–Crippen LogP) is 2.22. The molecule has 1 saturated heterocycles. The molecule has 0 amide bonds. The SMILES string of the molecule is CCNCCCC1(OC)CCCC[Si]1(OC)OC. The second-order valence-electron chi connectivity index (χ2n) is 5.02. The molecule has 108 valence electrons. The van der Waals surface area contributed by atoms with E-state index in [1.54, 1.807) is 14.2 Å². The van der Waals surface area contributed by atoms with E-state index < -0.39 is 8.56 Å². The van der Waals surface area contributed by atoms with Gasteiger partial charge in [-0.15, -0.1) is 0 Å². The van der Waals surface area contributed by atoms with Crippen molar-refractivity contribution in [3.63, 3.8) is 0 Å². The molecule has 0 saturated carbocycles. The highest BCUT2D eigenvalue weighted by molar-refractivity contribution is 6.70. The first-order chi connectivity index (χ1) is 8.70. The number of nitrogens with one attached hydrogen (secondary N) is 1. The van der Waals surface area contributed by atoms with Gasteiger partial charge >= 0.3 is 8.56 Å². The molecule has 1 N–H and O–H groups in total. The van der Waals surface area contributed by atoms with E-state index in [1.165, 1.54) is 12.8 Å². The smallest absolute Gasteiger partial charge is 0.370 e. The van der Waals surface area contributed by atoms with E-state index >= 15 is 0 Å². The molecular weight excluding hydrogens is 246 g/mol. The van der Waals surface area contributed by atoms with Crippen LogP contribution < -0.4 is 5.32 Å². The quantitative estimate of drug-likeness (QED) is 0.545. The predicted molar refractivity (Wildman–Crippen MR) is 75.9 cm³/mol. The third kappa shape index (κ3) is 3.14. The van der Waals surface area contributed by atoms with Crippen LogP contribution in [0.25, 0.3) is 0 Å². The second kappa shape index (κ2) is 7.60. The van der Waals surface area contributed by atoms with Crippen molar-refractivity contribution in [2.24, 2.45) is 0 Å². The van der Waals surface area contributed by atoms with Gasteiger partial charge in [0.2, 0.25) is 0 Å². The molecule has 1 fully saturated rings. The van der Waals surface area contributed by atoms with Crippen molar-refractivity contribution in [2.75, 3.05) is 34.4 Å². The summed E-state index contributed by atoms with van der Waals surface area (Å²) in [5, 5.41) is 3.21. The Morgan fingerprint density at radius 1 is 1.17 bits per heavy atom. The van der Waals surface area contributed by atoms with Gasteiger partial charge in [-0.1, -0.05) is 19.8 Å². The van der Waals surface area contributed by atoms with Gasteiger partial charge in [-0.25, -0.2) is 0 Å². The number of hydrogen-bond acceptors (Lipinski definition) is 4. The van der Waals surface area contributed by atoms with Crippen molar-refractivity contribution in [3.05, 3.63) is 0 Å². The van der Waals surface area contributed by atoms with Crippen molar-refractivity contribution >= 4 is 8.56 Å². The van der Waals surface area contributed by atoms with Crippen LogP contribution in [0.5, 0.6) is 0 Å². The maximum atomic E-state index is 5.94. The normalized spacial score (nSPS) is 27.3. The van der Waals surface area contributed by atoms with E-state index in [-0.39, 0.29) is 5.22 Å². The van der Waals surface area contributed by atoms with Crippen LogP contribution in [0.1, 0.15) is 39.0 Å². The number of hydrogen-bond donors (Lipinski definition) is 1. The van der Waals surface area contributed by atoms with E-state index in [9.17, 15) is 0 Å². The summed E-state index contributed by atoms with van der Waals surface area (Å²) in [6.45, 7) is 4.20. The van der Waals surface area contributed by atoms with Crippen molar-refractivity contribution in [1.82, 2.24) is 5.32 Å². The summed E-state index contributed by atoms with van der Waals surface area (Å²) >= 11 is 0. The Hall–Kier alpha value is 0.0569. The molecule has 0 bridgehead atoms. The first-order valence-electron chi connectivity index (χ1n) is 7.06. The Kier molecular flexibility index (Phi) is 6.80. The summed E-state index contributed by atoms with van der Waals surface area (Å²) in [5.74, 6) is 0. The van der Waals surface area contributed by atoms with E-state index in [1.807, 2.05) is 7.11 Å². The molecule has 0 aromatic carbocycles. The van der Waals surface area contributed by atoms with Crippen LogP contribution in [-0.2, 0) is 13.6 Å². The lowest BCUT2D eigenvalue weighted by Gasteiger charge is -2.48. The summed E-state index contributed by atoms with van der Waals surface area (Å²) in [5.41, 5.74) is 0. The van der Waals surface area contributed by atoms with Crippen LogP contribution in [0.4, 0.5) is 0 Å². The minimum absolute atomic E-state index is 0.163. The van der Waals surface area contributed by atoms with E-state index in [4.69, 9.17) is 13.6 Å². The van der Waals surface area contributed by atoms with Gasteiger partial charge in [-0.3, -0.25) is 0 Å². The Balaban J connectivity index is 2.72. The molecule has 5 heteroatoms. The summed E-state index contributed by atoms with van der Waals surface area (Å²) in [6, 6.07) is 1.05. The third-order valence-corrected chi connectivity index (χ3v) is 8.69. The zero-order chi connectivity index (χ0) is 13.5. The second-order valence-corrected chi connectivity index (χ2v) is 8.76. The van der Waals surface area contributed by atoms with Crippen molar-refractivity contribution < 1.29 is 13.6 Å². The van der Waals surface area contributed by atoms with Crippen LogP contribution in [0, 0.1) is 0 Å². The minimum Gasteiger partial charge on any atom is -0.396 e. The lowest BCUT2D eigenvalue weighted by molar-refractivity contribution is -0.0156. The molecule has 18 heavy (non-hydrogen) atoms. The van der Waals surface area contributed by atoms with Crippen LogP contribution in [0.2, 0.25) is 6.04 Å². The molecule has 0 radical (unpaired) electrons. The van der Waals surface area contributed by atoms with Crippen LogP contribution in [-0.4, -0.2) is 48.2 Å². The van der Waals surface area contributed by atoms with Gasteiger partial charge in [0.1, 0.15) is 5.22 Å². The molecule has 1 rings (SSSR count). The van der Waals surface area contributed by atoms with E-state index in [0.29, 0.717) is 0 Å². The lowest BCUT2D eigenvalue weighted by atomic mass is 10.1. The van der Waals surface area contributed by atoms with Crippen molar-refractivity contribution in [3.8, 4) is 0 Å². The highest BCUT2D eigenvalue weighted by Crippen LogP contribution is 2.42. The molecule has 1 atom stereocenters. The van der Waals surface area contributed by atoms with Crippen LogP contribution in [0.15, 0.2) is 0 Å². The first kappa shape index (κ1) is 16.1. The van der Waals surface area contributed by atoms with Gasteiger partial charge in [0.25, 0.3) is 0 Å². The molecule has 1 aliphatic rings. The fourth-order valence-electron chi connectivity index (χ4n) is 3.20. The number of methoxy groups -OCH3 is 1. The maximum Gasteiger partial charge on any atom is 0.370 e. The van der Waals surface area contributed by atoms with Crippen molar-refractivity contribution in [1.29, 1.82) is 0 Å². The highest BCUT2D eigenvalue weighted by Gasteiger charge is 2.58. The summed E-state index contributed by atoms with van der Waals surface area (Å²) in [7, 11) is 3.18. The average molecular weight is 275 g/mol. The molecule has 0 aromatic rings. The molecule has 0 spiro atoms. The lowest BCUT2D eigenvalue weighted by Crippen LogP contribution is -2.64. The fraction of sp³-hybridized carbons (Fsp3) is 1.00. The topological polar surface area (TPSA) is 39.7 Å². The Morgan fingerprint density at radius 2 is 1.89 bits per heavy atom. The molecule has 1 aliphatic heterocycles. The Labute approximate surface area is 113 Å². The maximum absolute atomic E-state index is 5.94. The van der Waals surface area contributed by atoms with Gasteiger partial charge in [0.05, 0.1) is 0 Å². The Bertz CT molecular complexity index is 236. The third-order valence-electron chi connectivity index (χ3n) is 4.27. The molecule has 0 aliphatic carbocycles. The summed E-state index contributed by atoms with van der Waals surface area (Å²) < 4.78 is 17.7. The van der Waals surface area contributed by atoms with Gasteiger partial charge in [0.15, 0.2) is 0 Å². The number of ether oxygens (including phenoxy) is 1. The standard InChI is InChI=1S/C13H29NO3Si/c1-5-14-11-8-10-13(15-2)9-6-7-12-18(13,16-3)17-4/h14H,5-12H2,1-4H3. The molecule has 4 nitrogen and oxygen atoms in total. The minimum atomic E-state index is -2.22. The largest absolute Gasteiger partial charge is 0.396 e. The molecule has 1 unspecified atom stereocenters. The van der Waals surface area contributed by atoms with Crippen LogP contribution in [0.3, 0.4) is 0 Å². The summed E-state index contributed by atoms with van der Waals surface area (Å²) in [4.78, 5) is 0. The van der Waals surface area contributed by atoms with Crippen LogP contribution >= 0.6 is 0 Å². The van der Waals surface area contributed by atoms with Gasteiger partial charge < -0.3 is 18.9 Å². The van der Waals surface area contributed by atoms with Crippen molar-refractivity contribution in [2.45, 2.75) is 50.3 Å². The van der Waals surface area contributed by atoms with Gasteiger partial charge in [-0.2, -0.15) is 0 Å². The fourth-order valence-corrected chi connectivity index (χ4v) is 7.11. The average Bonchev–Trinajstić information content (AvgIpc) is 2.44. The highest BCUT2D eigenvalue weighted by atomic mass is 28.4. The molecule has 0 aromatic heterocycles. The number of rotatable bonds is 8. The Morgan fingerprint density at radius 3 is 2.44 bits per heavy atom. The van der Waals surface area contributed by atoms with E-state index in [0.717, 1.165) is 38.4 Å². The molecule has 1 heterocycles. The van der Waals surface area contributed by atoms with E-state index in [2.05, 4.69) is 12.2 Å².